The average Bonchev–Trinajstić information content (AvgIpc) is 2.21. The fraction of sp³-hybridized carbons (Fsp3) is 0.667. The van der Waals surface area contributed by atoms with Gasteiger partial charge in [-0.3, -0.25) is 9.59 Å². The van der Waals surface area contributed by atoms with E-state index < -0.39 is 0 Å². The van der Waals surface area contributed by atoms with E-state index in [0.717, 1.165) is 18.4 Å². The Morgan fingerprint density at radius 3 is 2.21 bits per heavy atom. The second-order valence-electron chi connectivity index (χ2n) is 3.88. The molecule has 0 N–H and O–H groups in total. The molecule has 0 aliphatic rings. The fourth-order valence-electron chi connectivity index (χ4n) is 1.65. The summed E-state index contributed by atoms with van der Waals surface area (Å²) < 4.78 is 0. The van der Waals surface area contributed by atoms with Crippen molar-refractivity contribution in [3.05, 3.63) is 32.1 Å². The van der Waals surface area contributed by atoms with E-state index in [2.05, 4.69) is 6.92 Å². The Balaban J connectivity index is 2.03. The van der Waals surface area contributed by atoms with Gasteiger partial charge < -0.3 is 0 Å². The van der Waals surface area contributed by atoms with E-state index in [1.165, 1.54) is 38.2 Å². The van der Waals surface area contributed by atoms with Crippen molar-refractivity contribution in [2.24, 2.45) is 0 Å². The summed E-state index contributed by atoms with van der Waals surface area (Å²) in [7, 11) is 0. The molecule has 0 atom stereocenters. The summed E-state index contributed by atoms with van der Waals surface area (Å²) in [5, 5.41) is 0. The molecule has 0 unspecified atom stereocenters. The van der Waals surface area contributed by atoms with Crippen molar-refractivity contribution in [3.8, 4) is 0 Å². The Kier molecular flexibility index (Phi) is 4.57. The van der Waals surface area contributed by atoms with Gasteiger partial charge in [-0.05, 0) is 18.9 Å². The van der Waals surface area contributed by atoms with Crippen molar-refractivity contribution < 1.29 is 0 Å². The van der Waals surface area contributed by atoms with Crippen LogP contribution >= 0.6 is 0 Å². The second-order valence-corrected chi connectivity index (χ2v) is 3.88. The van der Waals surface area contributed by atoms with E-state index in [1.807, 2.05) is 0 Å². The van der Waals surface area contributed by atoms with Gasteiger partial charge in [-0.2, -0.15) is 0 Å². The minimum Gasteiger partial charge on any atom is -0.286 e. The van der Waals surface area contributed by atoms with Gasteiger partial charge in [-0.15, -0.1) is 0 Å². The third kappa shape index (κ3) is 3.09. The molecule has 0 aromatic heterocycles. The molecule has 78 valence electrons. The quantitative estimate of drug-likeness (QED) is 0.492. The molecule has 0 saturated carbocycles. The van der Waals surface area contributed by atoms with Gasteiger partial charge in [-0.25, -0.2) is 0 Å². The van der Waals surface area contributed by atoms with Gasteiger partial charge in [0.05, 0.1) is 0 Å². The lowest BCUT2D eigenvalue weighted by atomic mass is 10.0. The maximum absolute atomic E-state index is 10.9. The molecule has 2 nitrogen and oxygen atoms in total. The molecule has 0 aliphatic carbocycles. The molecule has 2 heteroatoms. The van der Waals surface area contributed by atoms with E-state index >= 15 is 0 Å². The van der Waals surface area contributed by atoms with Gasteiger partial charge >= 0.3 is 0 Å². The number of hydrogen-bond donors (Lipinski definition) is 0. The number of rotatable bonds is 7. The minimum absolute atomic E-state index is 0.251. The zero-order chi connectivity index (χ0) is 10.4. The monoisotopic (exact) mass is 194 g/mol. The summed E-state index contributed by atoms with van der Waals surface area (Å²) >= 11 is 0. The van der Waals surface area contributed by atoms with Crippen LogP contribution < -0.4 is 10.9 Å². The predicted octanol–water partition coefficient (Wildman–Crippen LogP) is 2.19. The topological polar surface area (TPSA) is 34.1 Å². The Morgan fingerprint density at radius 1 is 1.00 bits per heavy atom. The van der Waals surface area contributed by atoms with Crippen LogP contribution in [0.5, 0.6) is 0 Å². The van der Waals surface area contributed by atoms with Crippen LogP contribution in [0.1, 0.15) is 51.0 Å². The van der Waals surface area contributed by atoms with E-state index in [9.17, 15) is 9.59 Å². The van der Waals surface area contributed by atoms with Crippen LogP contribution in [0.15, 0.2) is 15.7 Å². The Morgan fingerprint density at radius 2 is 1.64 bits per heavy atom. The molecule has 14 heavy (non-hydrogen) atoms. The van der Waals surface area contributed by atoms with Gasteiger partial charge in [0.15, 0.2) is 0 Å². The van der Waals surface area contributed by atoms with Crippen LogP contribution in [0.4, 0.5) is 0 Å². The van der Waals surface area contributed by atoms with Gasteiger partial charge in [0.1, 0.15) is 0 Å². The van der Waals surface area contributed by atoms with Crippen molar-refractivity contribution in [2.75, 3.05) is 0 Å². The highest BCUT2D eigenvalue weighted by Crippen LogP contribution is 2.07. The average molecular weight is 194 g/mol. The maximum Gasteiger partial charge on any atom is 0.229 e. The molecule has 0 amide bonds. The van der Waals surface area contributed by atoms with E-state index in [1.54, 1.807) is 0 Å². The van der Waals surface area contributed by atoms with Gasteiger partial charge in [-0.1, -0.05) is 39.0 Å². The molecule has 1 aromatic rings. The van der Waals surface area contributed by atoms with Gasteiger partial charge in [0, 0.05) is 5.56 Å². The van der Waals surface area contributed by atoms with Crippen LogP contribution in [0.2, 0.25) is 0 Å². The number of aryl methyl sites for hydroxylation is 1. The summed E-state index contributed by atoms with van der Waals surface area (Å²) in [6, 6.07) is 1.48. The first kappa shape index (κ1) is 11.2. The largest absolute Gasteiger partial charge is 0.286 e. The normalized spacial score (nSPS) is 10.9. The van der Waals surface area contributed by atoms with Crippen molar-refractivity contribution in [2.45, 2.75) is 51.9 Å². The number of unbranched alkanes of at least 4 members (excludes halogenated alkanes) is 5. The zero-order valence-corrected chi connectivity index (χ0v) is 8.84. The first-order valence-electron chi connectivity index (χ1n) is 5.55. The molecular formula is C12H18O2. The zero-order valence-electron chi connectivity index (χ0n) is 8.84. The lowest BCUT2D eigenvalue weighted by Crippen LogP contribution is -2.33. The van der Waals surface area contributed by atoms with E-state index in [-0.39, 0.29) is 10.9 Å². The molecule has 0 aliphatic heterocycles. The third-order valence-corrected chi connectivity index (χ3v) is 2.62. The van der Waals surface area contributed by atoms with Crippen molar-refractivity contribution in [1.29, 1.82) is 0 Å². The molecule has 0 fully saturated rings. The highest BCUT2D eigenvalue weighted by atomic mass is 16.2. The highest BCUT2D eigenvalue weighted by molar-refractivity contribution is 5.19. The smallest absolute Gasteiger partial charge is 0.229 e. The van der Waals surface area contributed by atoms with Crippen molar-refractivity contribution >= 4 is 0 Å². The van der Waals surface area contributed by atoms with Crippen molar-refractivity contribution in [3.63, 3.8) is 0 Å². The molecule has 0 bridgehead atoms. The molecule has 1 rings (SSSR count). The molecular weight excluding hydrogens is 176 g/mol. The molecule has 0 heterocycles. The maximum atomic E-state index is 10.9. The standard InChI is InChI=1S/C12H18O2/c1-2-3-4-5-6-7-8-10-9-11(13)12(10)14/h9H,2-8H2,1H3. The highest BCUT2D eigenvalue weighted by Gasteiger charge is 2.07. The molecule has 0 spiro atoms. The Hall–Kier alpha value is -0.920. The lowest BCUT2D eigenvalue weighted by molar-refractivity contribution is 0.606. The molecule has 0 radical (unpaired) electrons. The molecule has 1 aromatic carbocycles. The van der Waals surface area contributed by atoms with Gasteiger partial charge in [0.25, 0.3) is 0 Å². The predicted molar refractivity (Wildman–Crippen MR) is 58.4 cm³/mol. The molecule has 0 saturated heterocycles. The van der Waals surface area contributed by atoms with Crippen LogP contribution in [0, 0.1) is 0 Å². The van der Waals surface area contributed by atoms with E-state index in [4.69, 9.17) is 0 Å². The summed E-state index contributed by atoms with van der Waals surface area (Å²) in [5.41, 5.74) is 0.176. The third-order valence-electron chi connectivity index (χ3n) is 2.62. The fourth-order valence-corrected chi connectivity index (χ4v) is 1.65. The van der Waals surface area contributed by atoms with Gasteiger partial charge in [0.2, 0.25) is 10.9 Å². The summed E-state index contributed by atoms with van der Waals surface area (Å²) in [6.07, 6.45) is 8.15. The SMILES string of the molecule is CCCCCCCCc1cc(=O)c1=O. The Bertz CT molecular complexity index is 332. The van der Waals surface area contributed by atoms with Crippen LogP contribution in [0.25, 0.3) is 0 Å². The minimum atomic E-state index is -0.314. The van der Waals surface area contributed by atoms with Crippen molar-refractivity contribution in [1.82, 2.24) is 0 Å². The first-order chi connectivity index (χ1) is 6.75. The first-order valence-corrected chi connectivity index (χ1v) is 5.55. The number of hydrogen-bond acceptors (Lipinski definition) is 2. The summed E-state index contributed by atoms with van der Waals surface area (Å²) in [6.45, 7) is 2.20. The second kappa shape index (κ2) is 5.74. The summed E-state index contributed by atoms with van der Waals surface area (Å²) in [5.74, 6) is 0. The Labute approximate surface area is 84.7 Å². The van der Waals surface area contributed by atoms with E-state index in [0.29, 0.717) is 0 Å². The lowest BCUT2D eigenvalue weighted by Gasteiger charge is -2.01. The van der Waals surface area contributed by atoms with Crippen LogP contribution in [-0.2, 0) is 6.42 Å². The summed E-state index contributed by atoms with van der Waals surface area (Å²) in [4.78, 5) is 21.5. The van der Waals surface area contributed by atoms with Crippen LogP contribution in [0.3, 0.4) is 0 Å². The van der Waals surface area contributed by atoms with Crippen LogP contribution in [-0.4, -0.2) is 0 Å².